The van der Waals surface area contributed by atoms with Crippen molar-refractivity contribution in [3.63, 3.8) is 0 Å². The number of aromatic nitrogens is 2. The molecule has 10 nitrogen and oxygen atoms in total. The number of amides is 1. The number of anilines is 1. The SMILES string of the molecule is Cc1oc2nc[nH]c(=O)c2c1C(=O)Nc1cc(S(=O)(=O)N2CCCC2)ccc1O. The fraction of sp³-hybridized carbons (Fsp3) is 0.278. The van der Waals surface area contributed by atoms with E-state index in [2.05, 4.69) is 15.3 Å². The lowest BCUT2D eigenvalue weighted by molar-refractivity contribution is 0.102. The van der Waals surface area contributed by atoms with Crippen LogP contribution in [0.5, 0.6) is 5.75 Å². The van der Waals surface area contributed by atoms with Crippen LogP contribution in [-0.4, -0.2) is 46.8 Å². The standard InChI is InChI=1S/C18H18N4O6S/c1-10-14(15-16(24)19-9-20-18(15)28-10)17(25)21-12-8-11(4-5-13(12)23)29(26,27)22-6-2-3-7-22/h4-5,8-9,23H,2-3,6-7H2,1H3,(H,21,25)(H,19,20,24). The molecule has 3 N–H and O–H groups in total. The number of carbonyl (C=O) groups excluding carboxylic acids is 1. The largest absolute Gasteiger partial charge is 0.506 e. The first-order chi connectivity index (χ1) is 13.8. The molecule has 0 atom stereocenters. The molecule has 0 bridgehead atoms. The van der Waals surface area contributed by atoms with E-state index in [1.54, 1.807) is 0 Å². The van der Waals surface area contributed by atoms with Gasteiger partial charge in [-0.1, -0.05) is 0 Å². The Labute approximate surface area is 165 Å². The van der Waals surface area contributed by atoms with Gasteiger partial charge < -0.3 is 19.8 Å². The third kappa shape index (κ3) is 3.28. The van der Waals surface area contributed by atoms with Crippen LogP contribution >= 0.6 is 0 Å². The number of benzene rings is 1. The lowest BCUT2D eigenvalue weighted by Crippen LogP contribution is -2.28. The van der Waals surface area contributed by atoms with E-state index in [0.717, 1.165) is 19.2 Å². The van der Waals surface area contributed by atoms with Crippen molar-refractivity contribution in [2.45, 2.75) is 24.7 Å². The molecule has 1 aliphatic heterocycles. The van der Waals surface area contributed by atoms with Crippen LogP contribution in [0, 0.1) is 6.92 Å². The summed E-state index contributed by atoms with van der Waals surface area (Å²) in [5.74, 6) is -0.871. The molecule has 0 saturated carbocycles. The number of hydrogen-bond donors (Lipinski definition) is 3. The molecule has 29 heavy (non-hydrogen) atoms. The first kappa shape index (κ1) is 19.2. The van der Waals surface area contributed by atoms with Gasteiger partial charge in [0.15, 0.2) is 0 Å². The van der Waals surface area contributed by atoms with E-state index in [1.165, 1.54) is 29.4 Å². The quantitative estimate of drug-likeness (QED) is 0.545. The number of furan rings is 1. The zero-order chi connectivity index (χ0) is 20.8. The number of rotatable bonds is 4. The molecular weight excluding hydrogens is 400 g/mol. The van der Waals surface area contributed by atoms with E-state index in [0.29, 0.717) is 13.1 Å². The monoisotopic (exact) mass is 418 g/mol. The molecule has 2 aromatic heterocycles. The van der Waals surface area contributed by atoms with Gasteiger partial charge >= 0.3 is 0 Å². The molecule has 0 aliphatic carbocycles. The molecule has 3 heterocycles. The van der Waals surface area contributed by atoms with Crippen LogP contribution in [0.15, 0.2) is 38.6 Å². The second-order valence-electron chi connectivity index (χ2n) is 6.69. The van der Waals surface area contributed by atoms with Crippen molar-refractivity contribution >= 4 is 32.7 Å². The number of aryl methyl sites for hydroxylation is 1. The number of nitrogens with zero attached hydrogens (tertiary/aromatic N) is 2. The number of phenolic OH excluding ortho intramolecular Hbond substituents is 1. The number of fused-ring (bicyclic) bond motifs is 1. The Kier molecular flexibility index (Phi) is 4.63. The highest BCUT2D eigenvalue weighted by Crippen LogP contribution is 2.30. The second kappa shape index (κ2) is 7.01. The molecule has 152 valence electrons. The molecule has 1 aliphatic rings. The van der Waals surface area contributed by atoms with Crippen LogP contribution in [0.3, 0.4) is 0 Å². The highest BCUT2D eigenvalue weighted by atomic mass is 32.2. The Morgan fingerprint density at radius 2 is 2.03 bits per heavy atom. The fourth-order valence-corrected chi connectivity index (χ4v) is 4.91. The zero-order valence-corrected chi connectivity index (χ0v) is 16.2. The predicted molar refractivity (Wildman–Crippen MR) is 103 cm³/mol. The number of aromatic hydroxyl groups is 1. The molecule has 0 radical (unpaired) electrons. The number of H-pyrrole nitrogens is 1. The van der Waals surface area contributed by atoms with Crippen molar-refractivity contribution < 1.29 is 22.7 Å². The van der Waals surface area contributed by atoms with Crippen LogP contribution in [0.4, 0.5) is 5.69 Å². The first-order valence-electron chi connectivity index (χ1n) is 8.90. The van der Waals surface area contributed by atoms with Gasteiger partial charge in [-0.05, 0) is 38.0 Å². The van der Waals surface area contributed by atoms with Crippen LogP contribution < -0.4 is 10.9 Å². The van der Waals surface area contributed by atoms with Gasteiger partial charge in [0.05, 0.1) is 22.5 Å². The van der Waals surface area contributed by atoms with Gasteiger partial charge in [-0.3, -0.25) is 9.59 Å². The molecule has 11 heteroatoms. The Hall–Kier alpha value is -3.18. The van der Waals surface area contributed by atoms with Gasteiger partial charge in [-0.25, -0.2) is 13.4 Å². The Bertz CT molecular complexity index is 1270. The topological polar surface area (TPSA) is 146 Å². The minimum Gasteiger partial charge on any atom is -0.506 e. The molecule has 1 fully saturated rings. The van der Waals surface area contributed by atoms with Crippen molar-refractivity contribution in [2.75, 3.05) is 18.4 Å². The minimum atomic E-state index is -3.73. The van der Waals surface area contributed by atoms with Crippen molar-refractivity contribution in [3.8, 4) is 5.75 Å². The molecule has 1 amide bonds. The van der Waals surface area contributed by atoms with Crippen molar-refractivity contribution in [1.29, 1.82) is 0 Å². The number of nitrogens with one attached hydrogen (secondary N) is 2. The molecular formula is C18H18N4O6S. The molecule has 1 saturated heterocycles. The van der Waals surface area contributed by atoms with Gasteiger partial charge in [-0.15, -0.1) is 0 Å². The first-order valence-corrected chi connectivity index (χ1v) is 10.3. The van der Waals surface area contributed by atoms with Crippen LogP contribution in [0.1, 0.15) is 29.0 Å². The molecule has 4 rings (SSSR count). The number of aromatic amines is 1. The van der Waals surface area contributed by atoms with Gasteiger partial charge in [0.2, 0.25) is 15.7 Å². The van der Waals surface area contributed by atoms with E-state index in [9.17, 15) is 23.1 Å². The smallest absolute Gasteiger partial charge is 0.262 e. The summed E-state index contributed by atoms with van der Waals surface area (Å²) in [4.78, 5) is 31.1. The van der Waals surface area contributed by atoms with Crippen LogP contribution in [-0.2, 0) is 10.0 Å². The maximum atomic E-state index is 12.8. The summed E-state index contributed by atoms with van der Waals surface area (Å²) >= 11 is 0. The number of hydrogen-bond acceptors (Lipinski definition) is 7. The zero-order valence-electron chi connectivity index (χ0n) is 15.4. The fourth-order valence-electron chi connectivity index (χ4n) is 3.36. The van der Waals surface area contributed by atoms with Crippen molar-refractivity contribution in [3.05, 3.63) is 46.2 Å². The predicted octanol–water partition coefficient (Wildman–Crippen LogP) is 1.57. The molecule has 0 spiro atoms. The Morgan fingerprint density at radius 1 is 1.31 bits per heavy atom. The van der Waals surface area contributed by atoms with E-state index in [-0.39, 0.29) is 38.8 Å². The Morgan fingerprint density at radius 3 is 2.76 bits per heavy atom. The lowest BCUT2D eigenvalue weighted by Gasteiger charge is -2.16. The van der Waals surface area contributed by atoms with Crippen molar-refractivity contribution in [2.24, 2.45) is 0 Å². The molecule has 3 aromatic rings. The van der Waals surface area contributed by atoms with Crippen molar-refractivity contribution in [1.82, 2.24) is 14.3 Å². The minimum absolute atomic E-state index is 0.00554. The number of carbonyl (C=O) groups is 1. The summed E-state index contributed by atoms with van der Waals surface area (Å²) < 4.78 is 32.2. The van der Waals surface area contributed by atoms with Gasteiger partial charge in [0.25, 0.3) is 11.5 Å². The van der Waals surface area contributed by atoms with Crippen LogP contribution in [0.2, 0.25) is 0 Å². The van der Waals surface area contributed by atoms with Gasteiger partial charge in [-0.2, -0.15) is 4.31 Å². The van der Waals surface area contributed by atoms with Crippen LogP contribution in [0.25, 0.3) is 11.1 Å². The normalized spacial score (nSPS) is 15.1. The van der Waals surface area contributed by atoms with E-state index >= 15 is 0 Å². The summed E-state index contributed by atoms with van der Waals surface area (Å²) in [7, 11) is -3.73. The average molecular weight is 418 g/mol. The number of phenols is 1. The maximum absolute atomic E-state index is 12.8. The highest BCUT2D eigenvalue weighted by Gasteiger charge is 2.28. The highest BCUT2D eigenvalue weighted by molar-refractivity contribution is 7.89. The summed E-state index contributed by atoms with van der Waals surface area (Å²) in [5.41, 5.74) is -0.677. The third-order valence-electron chi connectivity index (χ3n) is 4.82. The third-order valence-corrected chi connectivity index (χ3v) is 6.71. The van der Waals surface area contributed by atoms with E-state index < -0.39 is 21.5 Å². The summed E-state index contributed by atoms with van der Waals surface area (Å²) in [6.45, 7) is 2.37. The maximum Gasteiger partial charge on any atom is 0.262 e. The summed E-state index contributed by atoms with van der Waals surface area (Å²) in [5, 5.41) is 12.6. The molecule has 1 aromatic carbocycles. The van der Waals surface area contributed by atoms with Gasteiger partial charge in [0, 0.05) is 13.1 Å². The average Bonchev–Trinajstić information content (AvgIpc) is 3.31. The van der Waals surface area contributed by atoms with E-state index in [4.69, 9.17) is 4.42 Å². The summed E-state index contributed by atoms with van der Waals surface area (Å²) in [6, 6.07) is 3.68. The lowest BCUT2D eigenvalue weighted by atomic mass is 10.1. The summed E-state index contributed by atoms with van der Waals surface area (Å²) in [6.07, 6.45) is 2.74. The van der Waals surface area contributed by atoms with E-state index in [1.807, 2.05) is 0 Å². The molecule has 0 unspecified atom stereocenters. The Balaban J connectivity index is 1.71. The number of sulfonamides is 1. The second-order valence-corrected chi connectivity index (χ2v) is 8.63. The van der Waals surface area contributed by atoms with Gasteiger partial charge in [0.1, 0.15) is 16.9 Å².